The number of benzene rings is 1. The second-order valence-corrected chi connectivity index (χ2v) is 7.76. The van der Waals surface area contributed by atoms with E-state index >= 15 is 0 Å². The first-order valence-corrected chi connectivity index (χ1v) is 9.45. The maximum atomic E-state index is 5.72. The highest BCUT2D eigenvalue weighted by atomic mass is 16.5. The number of aromatic nitrogens is 2. The Bertz CT molecular complexity index is 935. The Morgan fingerprint density at radius 3 is 2.69 bits per heavy atom. The van der Waals surface area contributed by atoms with E-state index in [4.69, 9.17) is 9.84 Å². The van der Waals surface area contributed by atoms with Gasteiger partial charge in [-0.1, -0.05) is 35.9 Å². The Morgan fingerprint density at radius 1 is 1.12 bits per heavy atom. The molecule has 0 saturated carbocycles. The van der Waals surface area contributed by atoms with Crippen LogP contribution in [0.3, 0.4) is 0 Å². The van der Waals surface area contributed by atoms with Gasteiger partial charge in [-0.2, -0.15) is 0 Å². The van der Waals surface area contributed by atoms with Crippen LogP contribution in [0.15, 0.2) is 36.4 Å². The molecule has 0 bridgehead atoms. The summed E-state index contributed by atoms with van der Waals surface area (Å²) in [6.45, 7) is 8.90. The van der Waals surface area contributed by atoms with Gasteiger partial charge in [0.1, 0.15) is 0 Å². The van der Waals surface area contributed by atoms with Crippen molar-refractivity contribution in [3.63, 3.8) is 0 Å². The Hall–Kier alpha value is -2.33. The lowest BCUT2D eigenvalue weighted by Crippen LogP contribution is -2.55. The topological polar surface area (TPSA) is 30.3 Å². The third-order valence-corrected chi connectivity index (χ3v) is 5.19. The fourth-order valence-corrected chi connectivity index (χ4v) is 3.70. The molecule has 0 spiro atoms. The van der Waals surface area contributed by atoms with E-state index in [2.05, 4.69) is 78.9 Å². The van der Waals surface area contributed by atoms with Gasteiger partial charge in [0.15, 0.2) is 5.82 Å². The van der Waals surface area contributed by atoms with Crippen LogP contribution in [-0.2, 0) is 4.74 Å². The molecule has 0 N–H and O–H groups in total. The number of anilines is 1. The third-order valence-electron chi connectivity index (χ3n) is 5.19. The normalized spacial score (nSPS) is 23.0. The zero-order valence-corrected chi connectivity index (χ0v) is 15.9. The molecule has 1 fully saturated rings. The highest BCUT2D eigenvalue weighted by Gasteiger charge is 2.33. The standard InChI is InChI=1S/C22H27N3O/c1-17-10-12-18(13-11-17)25-20-9-7-5-4-6-8-19(20)21(23-25)24-14-15-26-16-22(24,2)3/h4,6,8-13H,5,7,14-16H2,1-3H3/b6-4+,19-8+,20-9+. The fraction of sp³-hybridized carbons (Fsp3) is 0.409. The predicted octanol–water partition coefficient (Wildman–Crippen LogP) is 2.71. The summed E-state index contributed by atoms with van der Waals surface area (Å²) in [4.78, 5) is 2.40. The van der Waals surface area contributed by atoms with Crippen LogP contribution in [0.4, 0.5) is 5.82 Å². The summed E-state index contributed by atoms with van der Waals surface area (Å²) in [5, 5.41) is 7.48. The van der Waals surface area contributed by atoms with Crippen molar-refractivity contribution in [2.24, 2.45) is 0 Å². The summed E-state index contributed by atoms with van der Waals surface area (Å²) in [6.07, 6.45) is 11.0. The number of hydrogen-bond acceptors (Lipinski definition) is 3. The van der Waals surface area contributed by atoms with Crippen LogP contribution < -0.4 is 15.5 Å². The first-order valence-electron chi connectivity index (χ1n) is 9.45. The van der Waals surface area contributed by atoms with Gasteiger partial charge in [0.25, 0.3) is 0 Å². The van der Waals surface area contributed by atoms with Crippen LogP contribution in [0.25, 0.3) is 17.8 Å². The molecule has 1 aromatic carbocycles. The summed E-state index contributed by atoms with van der Waals surface area (Å²) in [7, 11) is 0. The molecule has 1 aromatic heterocycles. The SMILES string of the molecule is Cc1ccc(-n2nc(N3CCOCC3(C)C)c3/c2=C\CC\C=C\C=3)cc1. The summed E-state index contributed by atoms with van der Waals surface area (Å²) >= 11 is 0. The lowest BCUT2D eigenvalue weighted by atomic mass is 10.0. The van der Waals surface area contributed by atoms with Gasteiger partial charge in [0, 0.05) is 11.8 Å². The number of ether oxygens (including phenoxy) is 1. The van der Waals surface area contributed by atoms with Gasteiger partial charge >= 0.3 is 0 Å². The summed E-state index contributed by atoms with van der Waals surface area (Å²) < 4.78 is 7.82. The number of rotatable bonds is 2. The molecular formula is C22H27N3O. The Kier molecular flexibility index (Phi) is 4.45. The second-order valence-electron chi connectivity index (χ2n) is 7.76. The minimum Gasteiger partial charge on any atom is -0.377 e. The molecule has 2 aromatic rings. The molecule has 0 unspecified atom stereocenters. The minimum atomic E-state index is -0.0710. The number of allylic oxidation sites excluding steroid dienone is 2. The molecule has 4 nitrogen and oxygen atoms in total. The summed E-state index contributed by atoms with van der Waals surface area (Å²) in [5.41, 5.74) is 2.30. The number of hydrogen-bond donors (Lipinski definition) is 0. The third kappa shape index (κ3) is 3.10. The molecule has 0 amide bonds. The van der Waals surface area contributed by atoms with Crippen molar-refractivity contribution >= 4 is 18.0 Å². The first-order chi connectivity index (χ1) is 12.6. The molecule has 2 heterocycles. The lowest BCUT2D eigenvalue weighted by molar-refractivity contribution is 0.0638. The largest absolute Gasteiger partial charge is 0.377 e. The van der Waals surface area contributed by atoms with E-state index in [1.807, 2.05) is 0 Å². The number of morpholine rings is 1. The quantitative estimate of drug-likeness (QED) is 0.835. The molecule has 2 aliphatic rings. The Labute approximate surface area is 155 Å². The minimum absolute atomic E-state index is 0.0710. The van der Waals surface area contributed by atoms with Crippen LogP contribution in [0.5, 0.6) is 0 Å². The van der Waals surface area contributed by atoms with Crippen molar-refractivity contribution in [1.82, 2.24) is 9.78 Å². The van der Waals surface area contributed by atoms with Crippen molar-refractivity contribution in [2.45, 2.75) is 39.2 Å². The molecule has 1 aliphatic heterocycles. The van der Waals surface area contributed by atoms with Gasteiger partial charge in [-0.05, 0) is 51.8 Å². The van der Waals surface area contributed by atoms with E-state index in [9.17, 15) is 0 Å². The average molecular weight is 349 g/mol. The van der Waals surface area contributed by atoms with Crippen molar-refractivity contribution in [3.8, 4) is 5.69 Å². The van der Waals surface area contributed by atoms with E-state index in [1.54, 1.807) is 0 Å². The molecule has 0 radical (unpaired) electrons. The average Bonchev–Trinajstić information content (AvgIpc) is 2.92. The number of nitrogens with zero attached hydrogens (tertiary/aromatic N) is 3. The van der Waals surface area contributed by atoms with E-state index in [0.29, 0.717) is 0 Å². The lowest BCUT2D eigenvalue weighted by Gasteiger charge is -2.42. The van der Waals surface area contributed by atoms with Crippen LogP contribution in [0.1, 0.15) is 32.3 Å². The van der Waals surface area contributed by atoms with Gasteiger partial charge in [0.05, 0.1) is 29.8 Å². The maximum absolute atomic E-state index is 5.72. The Balaban J connectivity index is 1.95. The van der Waals surface area contributed by atoms with Gasteiger partial charge in [-0.15, -0.1) is 5.10 Å². The van der Waals surface area contributed by atoms with E-state index in [0.717, 1.165) is 44.1 Å². The predicted molar refractivity (Wildman–Crippen MR) is 107 cm³/mol. The highest BCUT2D eigenvalue weighted by molar-refractivity contribution is 5.55. The smallest absolute Gasteiger partial charge is 0.159 e. The van der Waals surface area contributed by atoms with Gasteiger partial charge in [-0.3, -0.25) is 0 Å². The van der Waals surface area contributed by atoms with Gasteiger partial charge < -0.3 is 9.64 Å². The Morgan fingerprint density at radius 2 is 1.92 bits per heavy atom. The first kappa shape index (κ1) is 17.1. The molecule has 1 aliphatic carbocycles. The monoisotopic (exact) mass is 349 g/mol. The zero-order chi connectivity index (χ0) is 18.1. The highest BCUT2D eigenvalue weighted by Crippen LogP contribution is 2.23. The molecule has 4 heteroatoms. The second kappa shape index (κ2) is 6.76. The van der Waals surface area contributed by atoms with E-state index in [-0.39, 0.29) is 5.54 Å². The maximum Gasteiger partial charge on any atom is 0.159 e. The number of fused-ring (bicyclic) bond motifs is 1. The van der Waals surface area contributed by atoms with Crippen LogP contribution in [0.2, 0.25) is 0 Å². The zero-order valence-electron chi connectivity index (χ0n) is 15.9. The summed E-state index contributed by atoms with van der Waals surface area (Å²) in [6, 6.07) is 8.60. The molecule has 4 rings (SSSR count). The van der Waals surface area contributed by atoms with E-state index < -0.39 is 0 Å². The molecule has 0 atom stereocenters. The van der Waals surface area contributed by atoms with Crippen molar-refractivity contribution in [1.29, 1.82) is 0 Å². The van der Waals surface area contributed by atoms with E-state index in [1.165, 1.54) is 16.1 Å². The van der Waals surface area contributed by atoms with Crippen molar-refractivity contribution in [3.05, 3.63) is 52.5 Å². The molecular weight excluding hydrogens is 322 g/mol. The molecule has 1 saturated heterocycles. The molecule has 136 valence electrons. The summed E-state index contributed by atoms with van der Waals surface area (Å²) in [5.74, 6) is 1.05. The fourth-order valence-electron chi connectivity index (χ4n) is 3.70. The van der Waals surface area contributed by atoms with Crippen LogP contribution >= 0.6 is 0 Å². The van der Waals surface area contributed by atoms with Crippen molar-refractivity contribution < 1.29 is 4.74 Å². The van der Waals surface area contributed by atoms with Crippen LogP contribution in [0, 0.1) is 6.92 Å². The number of aryl methyl sites for hydroxylation is 1. The van der Waals surface area contributed by atoms with Crippen LogP contribution in [-0.4, -0.2) is 35.1 Å². The van der Waals surface area contributed by atoms with Gasteiger partial charge in [-0.25, -0.2) is 4.68 Å². The van der Waals surface area contributed by atoms with Crippen molar-refractivity contribution in [2.75, 3.05) is 24.7 Å². The molecule has 26 heavy (non-hydrogen) atoms. The van der Waals surface area contributed by atoms with Gasteiger partial charge in [0.2, 0.25) is 0 Å².